The zero-order chi connectivity index (χ0) is 19.9. The molecule has 3 aromatic rings. The minimum absolute atomic E-state index is 0.129. The summed E-state index contributed by atoms with van der Waals surface area (Å²) in [7, 11) is 3.00. The summed E-state index contributed by atoms with van der Waals surface area (Å²) >= 11 is 6.14. The van der Waals surface area contributed by atoms with Crippen molar-refractivity contribution in [3.63, 3.8) is 0 Å². The molecule has 0 unspecified atom stereocenters. The van der Waals surface area contributed by atoms with E-state index in [2.05, 4.69) is 10.1 Å². The van der Waals surface area contributed by atoms with Crippen LogP contribution in [0.2, 0.25) is 5.02 Å². The summed E-state index contributed by atoms with van der Waals surface area (Å²) in [4.78, 5) is 16.1. The first kappa shape index (κ1) is 19.4. The zero-order valence-corrected chi connectivity index (χ0v) is 16.0. The van der Waals surface area contributed by atoms with Gasteiger partial charge < -0.3 is 18.7 Å². The molecule has 0 saturated carbocycles. The maximum atomic E-state index is 11.9. The molecule has 0 aliphatic carbocycles. The largest absolute Gasteiger partial charge is 0.493 e. The van der Waals surface area contributed by atoms with Crippen LogP contribution in [0.5, 0.6) is 11.5 Å². The van der Waals surface area contributed by atoms with Crippen molar-refractivity contribution < 1.29 is 23.5 Å². The highest BCUT2D eigenvalue weighted by atomic mass is 35.5. The molecule has 0 amide bonds. The number of halogens is 1. The second-order valence-electron chi connectivity index (χ2n) is 5.56. The summed E-state index contributed by atoms with van der Waals surface area (Å²) in [6, 6.07) is 12.7. The second-order valence-corrected chi connectivity index (χ2v) is 5.96. The average Bonchev–Trinajstić information content (AvgIpc) is 3.20. The number of methoxy groups -OCH3 is 2. The lowest BCUT2D eigenvalue weighted by Gasteiger charge is -2.10. The van der Waals surface area contributed by atoms with Crippen LogP contribution in [-0.2, 0) is 16.1 Å². The summed E-state index contributed by atoms with van der Waals surface area (Å²) in [5.41, 5.74) is 1.47. The summed E-state index contributed by atoms with van der Waals surface area (Å²) in [5.74, 6) is 0.958. The molecular weight excluding hydrogens is 384 g/mol. The van der Waals surface area contributed by atoms with Gasteiger partial charge in [0.2, 0.25) is 5.82 Å². The third kappa shape index (κ3) is 4.69. The van der Waals surface area contributed by atoms with E-state index in [-0.39, 0.29) is 12.5 Å². The quantitative estimate of drug-likeness (QED) is 0.434. The number of rotatable bonds is 7. The first-order valence-electron chi connectivity index (χ1n) is 8.25. The normalized spacial score (nSPS) is 10.8. The Morgan fingerprint density at radius 3 is 2.68 bits per heavy atom. The summed E-state index contributed by atoms with van der Waals surface area (Å²) in [6.45, 7) is -0.129. The van der Waals surface area contributed by atoms with E-state index in [1.807, 2.05) is 30.3 Å². The lowest BCUT2D eigenvalue weighted by Crippen LogP contribution is -2.01. The van der Waals surface area contributed by atoms with E-state index in [0.717, 1.165) is 5.56 Å². The maximum absolute atomic E-state index is 11.9. The molecule has 0 bridgehead atoms. The number of hydrogen-bond donors (Lipinski definition) is 0. The van der Waals surface area contributed by atoms with E-state index in [1.54, 1.807) is 18.2 Å². The molecule has 7 nitrogen and oxygen atoms in total. The monoisotopic (exact) mass is 400 g/mol. The lowest BCUT2D eigenvalue weighted by atomic mass is 10.2. The number of carbonyl (C=O) groups excluding carboxylic acids is 1. The number of carbonyl (C=O) groups is 1. The van der Waals surface area contributed by atoms with Gasteiger partial charge in [-0.1, -0.05) is 47.1 Å². The Labute approximate surface area is 166 Å². The molecule has 8 heteroatoms. The van der Waals surface area contributed by atoms with Crippen LogP contribution in [0.4, 0.5) is 0 Å². The summed E-state index contributed by atoms with van der Waals surface area (Å²) in [5, 5.41) is 4.24. The molecule has 0 atom stereocenters. The van der Waals surface area contributed by atoms with Gasteiger partial charge in [0.05, 0.1) is 19.2 Å². The number of nitrogens with zero attached hydrogens (tertiary/aromatic N) is 2. The van der Waals surface area contributed by atoms with Crippen LogP contribution in [0.3, 0.4) is 0 Å². The number of hydrogen-bond acceptors (Lipinski definition) is 7. The van der Waals surface area contributed by atoms with Crippen LogP contribution < -0.4 is 9.47 Å². The molecule has 0 spiro atoms. The molecule has 28 heavy (non-hydrogen) atoms. The van der Waals surface area contributed by atoms with Gasteiger partial charge in [-0.15, -0.1) is 0 Å². The first-order valence-corrected chi connectivity index (χ1v) is 8.63. The summed E-state index contributed by atoms with van der Waals surface area (Å²) < 4.78 is 20.6. The minimum Gasteiger partial charge on any atom is -0.493 e. The molecule has 1 aromatic heterocycles. The molecule has 3 rings (SSSR count). The Bertz CT molecular complexity index is 986. The molecule has 1 heterocycles. The van der Waals surface area contributed by atoms with Gasteiger partial charge >= 0.3 is 5.97 Å². The van der Waals surface area contributed by atoms with Gasteiger partial charge in [-0.05, 0) is 23.8 Å². The van der Waals surface area contributed by atoms with Gasteiger partial charge in [-0.25, -0.2) is 4.79 Å². The lowest BCUT2D eigenvalue weighted by molar-refractivity contribution is -0.139. The molecule has 0 radical (unpaired) electrons. The van der Waals surface area contributed by atoms with Crippen LogP contribution in [0.25, 0.3) is 17.5 Å². The van der Waals surface area contributed by atoms with Crippen LogP contribution in [-0.4, -0.2) is 30.3 Å². The van der Waals surface area contributed by atoms with Crippen LogP contribution in [0, 0.1) is 0 Å². The highest BCUT2D eigenvalue weighted by Crippen LogP contribution is 2.36. The molecule has 144 valence electrons. The van der Waals surface area contributed by atoms with Gasteiger partial charge in [-0.2, -0.15) is 4.98 Å². The van der Waals surface area contributed by atoms with E-state index >= 15 is 0 Å². The molecule has 0 aliphatic heterocycles. The fraction of sp³-hybridized carbons (Fsp3) is 0.150. The molecule has 0 aliphatic rings. The number of esters is 1. The van der Waals surface area contributed by atoms with Crippen molar-refractivity contribution in [3.05, 3.63) is 65.0 Å². The van der Waals surface area contributed by atoms with E-state index < -0.39 is 5.97 Å². The molecule has 0 saturated heterocycles. The van der Waals surface area contributed by atoms with Crippen molar-refractivity contribution in [1.29, 1.82) is 0 Å². The average molecular weight is 401 g/mol. The standard InChI is InChI=1S/C20H17ClN2O5/c1-25-16-11-13(10-15(21)19(16)26-2)8-9-18(24)27-12-17-22-20(23-28-17)14-6-4-3-5-7-14/h3-11H,12H2,1-2H3/b9-8+. The Balaban J connectivity index is 1.60. The smallest absolute Gasteiger partial charge is 0.331 e. The topological polar surface area (TPSA) is 83.7 Å². The van der Waals surface area contributed by atoms with Crippen molar-refractivity contribution in [3.8, 4) is 22.9 Å². The summed E-state index contributed by atoms with van der Waals surface area (Å²) in [6.07, 6.45) is 2.82. The van der Waals surface area contributed by atoms with Crippen molar-refractivity contribution >= 4 is 23.6 Å². The number of ether oxygens (including phenoxy) is 3. The second kappa shape index (κ2) is 9.05. The predicted octanol–water partition coefficient (Wildman–Crippen LogP) is 4.16. The van der Waals surface area contributed by atoms with E-state index in [4.69, 9.17) is 30.3 Å². The SMILES string of the molecule is COc1cc(/C=C/C(=O)OCc2nc(-c3ccccc3)no2)cc(Cl)c1OC. The van der Waals surface area contributed by atoms with Crippen molar-refractivity contribution in [2.45, 2.75) is 6.61 Å². The predicted molar refractivity (Wildman–Crippen MR) is 103 cm³/mol. The van der Waals surface area contributed by atoms with E-state index in [9.17, 15) is 4.79 Å². The van der Waals surface area contributed by atoms with Gasteiger partial charge in [0.15, 0.2) is 18.1 Å². The maximum Gasteiger partial charge on any atom is 0.331 e. The Kier molecular flexibility index (Phi) is 6.29. The van der Waals surface area contributed by atoms with Crippen molar-refractivity contribution in [2.24, 2.45) is 0 Å². The highest BCUT2D eigenvalue weighted by molar-refractivity contribution is 6.32. The van der Waals surface area contributed by atoms with Crippen LogP contribution >= 0.6 is 11.6 Å². The van der Waals surface area contributed by atoms with E-state index in [1.165, 1.54) is 20.3 Å². The minimum atomic E-state index is -0.564. The van der Waals surface area contributed by atoms with E-state index in [0.29, 0.717) is 27.9 Å². The Morgan fingerprint density at radius 2 is 1.96 bits per heavy atom. The van der Waals surface area contributed by atoms with Gasteiger partial charge in [0.1, 0.15) is 0 Å². The Hall–Kier alpha value is -3.32. The fourth-order valence-electron chi connectivity index (χ4n) is 2.40. The molecule has 0 N–H and O–H groups in total. The van der Waals surface area contributed by atoms with Crippen molar-refractivity contribution in [2.75, 3.05) is 14.2 Å². The zero-order valence-electron chi connectivity index (χ0n) is 15.2. The van der Waals surface area contributed by atoms with Crippen molar-refractivity contribution in [1.82, 2.24) is 10.1 Å². The molecule has 2 aromatic carbocycles. The van der Waals surface area contributed by atoms with Crippen LogP contribution in [0.15, 0.2) is 53.1 Å². The highest BCUT2D eigenvalue weighted by Gasteiger charge is 2.11. The van der Waals surface area contributed by atoms with Gasteiger partial charge in [0, 0.05) is 11.6 Å². The van der Waals surface area contributed by atoms with Gasteiger partial charge in [-0.3, -0.25) is 0 Å². The number of aromatic nitrogens is 2. The third-order valence-electron chi connectivity index (χ3n) is 3.71. The number of benzene rings is 2. The molecule has 0 fully saturated rings. The first-order chi connectivity index (χ1) is 13.6. The third-order valence-corrected chi connectivity index (χ3v) is 3.99. The Morgan fingerprint density at radius 1 is 1.18 bits per heavy atom. The van der Waals surface area contributed by atoms with Gasteiger partial charge in [0.25, 0.3) is 5.89 Å². The fourth-order valence-corrected chi connectivity index (χ4v) is 2.69. The molecular formula is C20H17ClN2O5. The van der Waals surface area contributed by atoms with Crippen LogP contribution in [0.1, 0.15) is 11.5 Å².